The van der Waals surface area contributed by atoms with Gasteiger partial charge in [0, 0.05) is 12.1 Å². The lowest BCUT2D eigenvalue weighted by atomic mass is 10.1. The molecule has 0 heterocycles. The molecular formula is C11H19NO2. The van der Waals surface area contributed by atoms with Crippen molar-refractivity contribution in [1.82, 2.24) is 0 Å². The van der Waals surface area contributed by atoms with Crippen molar-refractivity contribution in [3.8, 4) is 0 Å². The van der Waals surface area contributed by atoms with Gasteiger partial charge in [0.25, 0.3) is 0 Å². The lowest BCUT2D eigenvalue weighted by Crippen LogP contribution is -2.32. The van der Waals surface area contributed by atoms with E-state index < -0.39 is 0 Å². The fourth-order valence-electron chi connectivity index (χ4n) is 0.664. The topological polar surface area (TPSA) is 52.3 Å². The number of carbonyl (C=O) groups is 1. The summed E-state index contributed by atoms with van der Waals surface area (Å²) < 4.78 is 4.93. The second kappa shape index (κ2) is 7.33. The molecule has 14 heavy (non-hydrogen) atoms. The third kappa shape index (κ3) is 6.43. The Morgan fingerprint density at radius 3 is 2.57 bits per heavy atom. The number of rotatable bonds is 5. The molecule has 1 unspecified atom stereocenters. The standard InChI is InChI=1S/C11H19NO2/c1-4-5-6-7-11(13)14-8-10(12)9(2)3/h4-7,9-10H,8,12H2,1-3H3/b5-4+,7-6+. The fourth-order valence-corrected chi connectivity index (χ4v) is 0.664. The molecule has 3 heteroatoms. The average molecular weight is 197 g/mol. The van der Waals surface area contributed by atoms with Crippen LogP contribution in [0.1, 0.15) is 20.8 Å². The third-order valence-corrected chi connectivity index (χ3v) is 1.81. The summed E-state index contributed by atoms with van der Waals surface area (Å²) in [6, 6.07) is -0.0888. The van der Waals surface area contributed by atoms with Crippen LogP contribution in [-0.2, 0) is 9.53 Å². The van der Waals surface area contributed by atoms with Crippen LogP contribution in [0.25, 0.3) is 0 Å². The van der Waals surface area contributed by atoms with Crippen LogP contribution in [0.2, 0.25) is 0 Å². The maximum absolute atomic E-state index is 11.0. The number of ether oxygens (including phenoxy) is 1. The minimum absolute atomic E-state index is 0.0888. The van der Waals surface area contributed by atoms with Crippen molar-refractivity contribution in [3.05, 3.63) is 24.3 Å². The molecule has 2 N–H and O–H groups in total. The Kier molecular flexibility index (Phi) is 6.76. The third-order valence-electron chi connectivity index (χ3n) is 1.81. The van der Waals surface area contributed by atoms with E-state index in [9.17, 15) is 4.79 Å². The molecule has 0 spiro atoms. The predicted molar refractivity (Wildman–Crippen MR) is 57.7 cm³/mol. The Bertz CT molecular complexity index is 219. The molecule has 0 rings (SSSR count). The van der Waals surface area contributed by atoms with Crippen LogP contribution < -0.4 is 5.73 Å². The first-order valence-corrected chi connectivity index (χ1v) is 4.79. The van der Waals surface area contributed by atoms with Gasteiger partial charge in [-0.3, -0.25) is 0 Å². The van der Waals surface area contributed by atoms with E-state index in [2.05, 4.69) is 0 Å². The van der Waals surface area contributed by atoms with Crippen molar-refractivity contribution in [2.75, 3.05) is 6.61 Å². The number of hydrogen-bond donors (Lipinski definition) is 1. The minimum atomic E-state index is -0.348. The summed E-state index contributed by atoms with van der Waals surface area (Å²) >= 11 is 0. The molecule has 0 aromatic carbocycles. The zero-order valence-corrected chi connectivity index (χ0v) is 9.07. The Balaban J connectivity index is 3.74. The van der Waals surface area contributed by atoms with Crippen molar-refractivity contribution in [2.45, 2.75) is 26.8 Å². The molecule has 1 atom stereocenters. The zero-order valence-electron chi connectivity index (χ0n) is 9.07. The van der Waals surface area contributed by atoms with Gasteiger partial charge in [0.1, 0.15) is 6.61 Å². The molecule has 0 aliphatic heterocycles. The maximum atomic E-state index is 11.0. The SMILES string of the molecule is C/C=C/C=C/C(=O)OCC(N)C(C)C. The van der Waals surface area contributed by atoms with Gasteiger partial charge in [-0.15, -0.1) is 0 Å². The Morgan fingerprint density at radius 2 is 2.07 bits per heavy atom. The molecular weight excluding hydrogens is 178 g/mol. The molecule has 0 aromatic rings. The molecule has 0 radical (unpaired) electrons. The van der Waals surface area contributed by atoms with Gasteiger partial charge in [0.15, 0.2) is 0 Å². The number of hydrogen-bond acceptors (Lipinski definition) is 3. The molecule has 3 nitrogen and oxygen atoms in total. The number of allylic oxidation sites excluding steroid dienone is 3. The van der Waals surface area contributed by atoms with Crippen LogP contribution in [0, 0.1) is 5.92 Å². The van der Waals surface area contributed by atoms with Crippen LogP contribution in [-0.4, -0.2) is 18.6 Å². The molecule has 0 aromatic heterocycles. The minimum Gasteiger partial charge on any atom is -0.461 e. The quantitative estimate of drug-likeness (QED) is 0.414. The van der Waals surface area contributed by atoms with Gasteiger partial charge in [-0.05, 0) is 12.8 Å². The Labute approximate surface area is 85.6 Å². The number of esters is 1. The second-order valence-corrected chi connectivity index (χ2v) is 3.42. The number of carbonyl (C=O) groups excluding carboxylic acids is 1. The van der Waals surface area contributed by atoms with E-state index >= 15 is 0 Å². The van der Waals surface area contributed by atoms with Crippen molar-refractivity contribution in [1.29, 1.82) is 0 Å². The summed E-state index contributed by atoms with van der Waals surface area (Å²) in [5.74, 6) is -0.0264. The highest BCUT2D eigenvalue weighted by Gasteiger charge is 2.08. The maximum Gasteiger partial charge on any atom is 0.330 e. The average Bonchev–Trinajstić information content (AvgIpc) is 2.14. The molecule has 0 aliphatic carbocycles. The molecule has 0 amide bonds. The van der Waals surface area contributed by atoms with E-state index in [0.29, 0.717) is 5.92 Å². The van der Waals surface area contributed by atoms with E-state index in [1.54, 1.807) is 12.2 Å². The normalized spacial score (nSPS) is 14.1. The second-order valence-electron chi connectivity index (χ2n) is 3.42. The monoisotopic (exact) mass is 197 g/mol. The predicted octanol–water partition coefficient (Wildman–Crippen LogP) is 1.65. The number of nitrogens with two attached hydrogens (primary N) is 1. The molecule has 0 fully saturated rings. The summed E-state index contributed by atoms with van der Waals surface area (Å²) in [4.78, 5) is 11.0. The lowest BCUT2D eigenvalue weighted by Gasteiger charge is -2.14. The van der Waals surface area contributed by atoms with Gasteiger partial charge in [0.2, 0.25) is 0 Å². The van der Waals surface area contributed by atoms with Gasteiger partial charge in [0.05, 0.1) is 0 Å². The molecule has 0 aliphatic rings. The van der Waals surface area contributed by atoms with Gasteiger partial charge >= 0.3 is 5.97 Å². The molecule has 0 saturated heterocycles. The van der Waals surface area contributed by atoms with Crippen molar-refractivity contribution < 1.29 is 9.53 Å². The van der Waals surface area contributed by atoms with Crippen molar-refractivity contribution >= 4 is 5.97 Å². The highest BCUT2D eigenvalue weighted by atomic mass is 16.5. The van der Waals surface area contributed by atoms with Crippen molar-refractivity contribution in [2.24, 2.45) is 11.7 Å². The van der Waals surface area contributed by atoms with Crippen LogP contribution in [0.15, 0.2) is 24.3 Å². The molecule has 0 bridgehead atoms. The van der Waals surface area contributed by atoms with Gasteiger partial charge in [-0.25, -0.2) is 4.79 Å². The molecule has 80 valence electrons. The van der Waals surface area contributed by atoms with E-state index in [0.717, 1.165) is 0 Å². The molecule has 0 saturated carbocycles. The summed E-state index contributed by atoms with van der Waals surface area (Å²) in [5.41, 5.74) is 5.70. The Morgan fingerprint density at radius 1 is 1.43 bits per heavy atom. The largest absolute Gasteiger partial charge is 0.461 e. The first kappa shape index (κ1) is 12.9. The first-order chi connectivity index (χ1) is 6.57. The van der Waals surface area contributed by atoms with Crippen LogP contribution >= 0.6 is 0 Å². The van der Waals surface area contributed by atoms with E-state index in [4.69, 9.17) is 10.5 Å². The van der Waals surface area contributed by atoms with E-state index in [-0.39, 0.29) is 18.6 Å². The summed E-state index contributed by atoms with van der Waals surface area (Å²) in [6.07, 6.45) is 6.63. The van der Waals surface area contributed by atoms with Crippen LogP contribution in [0.5, 0.6) is 0 Å². The highest BCUT2D eigenvalue weighted by molar-refractivity contribution is 5.82. The van der Waals surface area contributed by atoms with Crippen molar-refractivity contribution in [3.63, 3.8) is 0 Å². The summed E-state index contributed by atoms with van der Waals surface area (Å²) in [5, 5.41) is 0. The van der Waals surface area contributed by atoms with Gasteiger partial charge in [-0.2, -0.15) is 0 Å². The smallest absolute Gasteiger partial charge is 0.330 e. The van der Waals surface area contributed by atoms with Gasteiger partial charge in [-0.1, -0.05) is 32.1 Å². The zero-order chi connectivity index (χ0) is 11.0. The Hall–Kier alpha value is -1.09. The first-order valence-electron chi connectivity index (χ1n) is 4.79. The highest BCUT2D eigenvalue weighted by Crippen LogP contribution is 1.98. The lowest BCUT2D eigenvalue weighted by molar-refractivity contribution is -0.138. The van der Waals surface area contributed by atoms with E-state index in [1.807, 2.05) is 26.8 Å². The van der Waals surface area contributed by atoms with Crippen LogP contribution in [0.3, 0.4) is 0 Å². The fraction of sp³-hybridized carbons (Fsp3) is 0.545. The van der Waals surface area contributed by atoms with Gasteiger partial charge < -0.3 is 10.5 Å². The van der Waals surface area contributed by atoms with E-state index in [1.165, 1.54) is 6.08 Å². The summed E-state index contributed by atoms with van der Waals surface area (Å²) in [7, 11) is 0. The van der Waals surface area contributed by atoms with Crippen LogP contribution in [0.4, 0.5) is 0 Å². The summed E-state index contributed by atoms with van der Waals surface area (Å²) in [6.45, 7) is 6.14.